The van der Waals surface area contributed by atoms with Gasteiger partial charge in [-0.1, -0.05) is 78.9 Å². The number of para-hydroxylation sites is 1. The maximum atomic E-state index is 12.7. The average molecular weight is 412 g/mol. The Bertz CT molecular complexity index is 961. The van der Waals surface area contributed by atoms with E-state index in [0.29, 0.717) is 5.92 Å². The molecule has 4 nitrogen and oxygen atoms in total. The molecule has 0 saturated carbocycles. The number of benzene rings is 3. The lowest BCUT2D eigenvalue weighted by Gasteiger charge is -2.49. The Kier molecular flexibility index (Phi) is 5.47. The first-order chi connectivity index (χ1) is 15.2. The van der Waals surface area contributed by atoms with Gasteiger partial charge in [0.05, 0.1) is 0 Å². The number of urea groups is 1. The smallest absolute Gasteiger partial charge is 0.321 e. The summed E-state index contributed by atoms with van der Waals surface area (Å²) in [7, 11) is 0. The number of nitrogens with one attached hydrogen (secondary N) is 1. The Labute approximate surface area is 184 Å². The van der Waals surface area contributed by atoms with Crippen LogP contribution >= 0.6 is 0 Å². The molecule has 0 bridgehead atoms. The van der Waals surface area contributed by atoms with Crippen molar-refractivity contribution in [2.45, 2.75) is 12.3 Å². The van der Waals surface area contributed by atoms with Crippen LogP contribution in [0.4, 0.5) is 10.5 Å². The van der Waals surface area contributed by atoms with Crippen molar-refractivity contribution in [3.8, 4) is 0 Å². The molecule has 2 amide bonds. The van der Waals surface area contributed by atoms with Gasteiger partial charge in [0.1, 0.15) is 0 Å². The van der Waals surface area contributed by atoms with E-state index in [9.17, 15) is 4.79 Å². The molecular formula is C27H29N3O. The lowest BCUT2D eigenvalue weighted by Crippen LogP contribution is -2.58. The van der Waals surface area contributed by atoms with Crippen molar-refractivity contribution in [1.29, 1.82) is 0 Å². The zero-order valence-corrected chi connectivity index (χ0v) is 17.8. The first-order valence-electron chi connectivity index (χ1n) is 11.1. The lowest BCUT2D eigenvalue weighted by atomic mass is 9.77. The number of amides is 2. The molecule has 0 radical (unpaired) electrons. The molecular weight excluding hydrogens is 382 g/mol. The largest absolute Gasteiger partial charge is 0.324 e. The van der Waals surface area contributed by atoms with Crippen molar-refractivity contribution in [2.75, 3.05) is 38.0 Å². The van der Waals surface area contributed by atoms with Crippen molar-refractivity contribution in [2.24, 2.45) is 5.41 Å². The van der Waals surface area contributed by atoms with E-state index in [2.05, 4.69) is 70.9 Å². The SMILES string of the molecule is O=C(Nc1ccccc1)N1CCC2(CN(CC(c3ccccc3)c3ccccc3)C2)C1. The molecule has 3 aromatic rings. The van der Waals surface area contributed by atoms with Gasteiger partial charge in [0.15, 0.2) is 0 Å². The highest BCUT2D eigenvalue weighted by atomic mass is 16.2. The molecule has 0 unspecified atom stereocenters. The Morgan fingerprint density at radius 1 is 0.806 bits per heavy atom. The predicted molar refractivity (Wildman–Crippen MR) is 125 cm³/mol. The number of carbonyl (C=O) groups excluding carboxylic acids is 1. The molecule has 2 saturated heterocycles. The summed E-state index contributed by atoms with van der Waals surface area (Å²) in [6.07, 6.45) is 1.09. The second-order valence-electron chi connectivity index (χ2n) is 9.01. The number of nitrogens with zero attached hydrogens (tertiary/aromatic N) is 2. The summed E-state index contributed by atoms with van der Waals surface area (Å²) in [6, 6.07) is 31.3. The number of carbonyl (C=O) groups is 1. The Hall–Kier alpha value is -3.11. The van der Waals surface area contributed by atoms with Crippen LogP contribution in [0.5, 0.6) is 0 Å². The van der Waals surface area contributed by atoms with E-state index in [0.717, 1.165) is 44.8 Å². The fourth-order valence-electron chi connectivity index (χ4n) is 5.15. The summed E-state index contributed by atoms with van der Waals surface area (Å²) in [5.74, 6) is 0.374. The van der Waals surface area contributed by atoms with E-state index in [1.54, 1.807) is 0 Å². The summed E-state index contributed by atoms with van der Waals surface area (Å²) >= 11 is 0. The molecule has 2 aliphatic rings. The molecule has 2 aliphatic heterocycles. The van der Waals surface area contributed by atoms with E-state index >= 15 is 0 Å². The van der Waals surface area contributed by atoms with E-state index in [1.807, 2.05) is 35.2 Å². The topological polar surface area (TPSA) is 35.6 Å². The predicted octanol–water partition coefficient (Wildman–Crippen LogP) is 5.06. The van der Waals surface area contributed by atoms with Crippen LogP contribution in [-0.2, 0) is 0 Å². The van der Waals surface area contributed by atoms with E-state index in [-0.39, 0.29) is 11.4 Å². The van der Waals surface area contributed by atoms with Gasteiger partial charge in [-0.3, -0.25) is 0 Å². The highest BCUT2D eigenvalue weighted by Crippen LogP contribution is 2.41. The quantitative estimate of drug-likeness (QED) is 0.637. The van der Waals surface area contributed by atoms with Crippen LogP contribution in [-0.4, -0.2) is 48.6 Å². The number of anilines is 1. The summed E-state index contributed by atoms with van der Waals surface area (Å²) in [5.41, 5.74) is 3.85. The second-order valence-corrected chi connectivity index (χ2v) is 9.01. The highest BCUT2D eigenvalue weighted by Gasteiger charge is 2.48. The number of hydrogen-bond donors (Lipinski definition) is 1. The van der Waals surface area contributed by atoms with Crippen LogP contribution in [0.15, 0.2) is 91.0 Å². The molecule has 31 heavy (non-hydrogen) atoms. The summed E-state index contributed by atoms with van der Waals surface area (Å²) in [4.78, 5) is 17.2. The van der Waals surface area contributed by atoms with Crippen molar-refractivity contribution >= 4 is 11.7 Å². The summed E-state index contributed by atoms with van der Waals surface area (Å²) in [5, 5.41) is 3.03. The Morgan fingerprint density at radius 2 is 1.35 bits per heavy atom. The van der Waals surface area contributed by atoms with Gasteiger partial charge in [-0.2, -0.15) is 0 Å². The maximum absolute atomic E-state index is 12.7. The number of likely N-dealkylation sites (tertiary alicyclic amines) is 2. The summed E-state index contributed by atoms with van der Waals surface area (Å²) < 4.78 is 0. The number of hydrogen-bond acceptors (Lipinski definition) is 2. The molecule has 2 fully saturated rings. The minimum Gasteiger partial charge on any atom is -0.324 e. The van der Waals surface area contributed by atoms with Gasteiger partial charge < -0.3 is 15.1 Å². The Morgan fingerprint density at radius 3 is 1.94 bits per heavy atom. The van der Waals surface area contributed by atoms with E-state index < -0.39 is 0 Å². The molecule has 3 aromatic carbocycles. The van der Waals surface area contributed by atoms with Crippen LogP contribution in [0, 0.1) is 5.41 Å². The van der Waals surface area contributed by atoms with Crippen LogP contribution in [0.1, 0.15) is 23.5 Å². The molecule has 0 aromatic heterocycles. The molecule has 2 heterocycles. The van der Waals surface area contributed by atoms with Crippen molar-refractivity contribution in [3.05, 3.63) is 102 Å². The third kappa shape index (κ3) is 4.35. The number of rotatable bonds is 5. The lowest BCUT2D eigenvalue weighted by molar-refractivity contribution is 0.00920. The van der Waals surface area contributed by atoms with Gasteiger partial charge in [0.25, 0.3) is 0 Å². The third-order valence-electron chi connectivity index (χ3n) is 6.71. The zero-order chi connectivity index (χ0) is 21.1. The third-order valence-corrected chi connectivity index (χ3v) is 6.71. The maximum Gasteiger partial charge on any atom is 0.321 e. The summed E-state index contributed by atoms with van der Waals surface area (Å²) in [6.45, 7) is 4.85. The highest BCUT2D eigenvalue weighted by molar-refractivity contribution is 5.89. The van der Waals surface area contributed by atoms with E-state index in [1.165, 1.54) is 11.1 Å². The average Bonchev–Trinajstić information content (AvgIpc) is 3.25. The van der Waals surface area contributed by atoms with Crippen LogP contribution in [0.3, 0.4) is 0 Å². The van der Waals surface area contributed by atoms with Gasteiger partial charge in [-0.05, 0) is 29.7 Å². The Balaban J connectivity index is 1.20. The molecule has 4 heteroatoms. The molecule has 1 N–H and O–H groups in total. The van der Waals surface area contributed by atoms with Crippen LogP contribution in [0.2, 0.25) is 0 Å². The standard InChI is InChI=1S/C27H29N3O/c31-26(28-24-14-8-3-9-15-24)30-17-16-27(21-30)19-29(20-27)18-25(22-10-4-1-5-11-22)23-12-6-2-7-13-23/h1-15,25H,16-21H2,(H,28,31). The molecule has 0 atom stereocenters. The van der Waals surface area contributed by atoms with Gasteiger partial charge in [0, 0.05) is 49.7 Å². The molecule has 0 aliphatic carbocycles. The van der Waals surface area contributed by atoms with Crippen molar-refractivity contribution < 1.29 is 4.79 Å². The zero-order valence-electron chi connectivity index (χ0n) is 17.8. The molecule has 1 spiro atoms. The van der Waals surface area contributed by atoms with Gasteiger partial charge in [-0.25, -0.2) is 4.79 Å². The van der Waals surface area contributed by atoms with Gasteiger partial charge >= 0.3 is 6.03 Å². The van der Waals surface area contributed by atoms with Gasteiger partial charge in [0.2, 0.25) is 0 Å². The van der Waals surface area contributed by atoms with Gasteiger partial charge in [-0.15, -0.1) is 0 Å². The van der Waals surface area contributed by atoms with Crippen molar-refractivity contribution in [1.82, 2.24) is 9.80 Å². The van der Waals surface area contributed by atoms with Crippen LogP contribution in [0.25, 0.3) is 0 Å². The molecule has 5 rings (SSSR count). The van der Waals surface area contributed by atoms with Crippen molar-refractivity contribution in [3.63, 3.8) is 0 Å². The normalized spacial score (nSPS) is 17.6. The fraction of sp³-hybridized carbons (Fsp3) is 0.296. The first kappa shape index (κ1) is 19.8. The first-order valence-corrected chi connectivity index (χ1v) is 11.1. The second kappa shape index (κ2) is 8.56. The van der Waals surface area contributed by atoms with E-state index in [4.69, 9.17) is 0 Å². The minimum absolute atomic E-state index is 0.0213. The molecule has 158 valence electrons. The minimum atomic E-state index is 0.0213. The fourth-order valence-corrected chi connectivity index (χ4v) is 5.15. The monoisotopic (exact) mass is 411 g/mol. The van der Waals surface area contributed by atoms with Crippen LogP contribution < -0.4 is 5.32 Å².